The molecule has 138 valence electrons. The first-order chi connectivity index (χ1) is 9.95. The number of hydrogen-bond donors (Lipinski definition) is 0. The molecule has 0 spiro atoms. The molecule has 0 bridgehead atoms. The lowest BCUT2D eigenvalue weighted by molar-refractivity contribution is -0.485. The fourth-order valence-electron chi connectivity index (χ4n) is 2.26. The maximum Gasteiger partial charge on any atom is 0.384 e. The summed E-state index contributed by atoms with van der Waals surface area (Å²) in [5.41, 5.74) is -5.84. The van der Waals surface area contributed by atoms with E-state index in [1.165, 1.54) is 6.92 Å². The molecular formula is C11H10F11I. The van der Waals surface area contributed by atoms with Gasteiger partial charge in [0, 0.05) is 10.3 Å². The molecule has 12 heteroatoms. The van der Waals surface area contributed by atoms with Crippen LogP contribution < -0.4 is 0 Å². The second-order valence-corrected chi connectivity index (χ2v) is 7.02. The van der Waals surface area contributed by atoms with Gasteiger partial charge in [0.05, 0.1) is 0 Å². The van der Waals surface area contributed by atoms with Crippen LogP contribution in [0, 0.1) is 0 Å². The van der Waals surface area contributed by atoms with Gasteiger partial charge in [0.15, 0.2) is 0 Å². The molecule has 1 aliphatic carbocycles. The lowest BCUT2D eigenvalue weighted by atomic mass is 9.70. The van der Waals surface area contributed by atoms with E-state index < -0.39 is 45.6 Å². The van der Waals surface area contributed by atoms with Gasteiger partial charge >= 0.3 is 29.6 Å². The van der Waals surface area contributed by atoms with Gasteiger partial charge < -0.3 is 0 Å². The van der Waals surface area contributed by atoms with E-state index in [0.717, 1.165) is 22.6 Å². The molecule has 1 saturated carbocycles. The standard InChI is InChI=1S/C11H10F11I/c1-2-3-5(23)4-6(12)7(13,14)9(17,18)11(21,22)10(19,20)8(6,15)16/h5H,2-4H2,1H3. The quantitative estimate of drug-likeness (QED) is 0.269. The summed E-state index contributed by atoms with van der Waals surface area (Å²) in [5.74, 6) is -34.5. The summed E-state index contributed by atoms with van der Waals surface area (Å²) >= 11 is 1.14. The highest BCUT2D eigenvalue weighted by Crippen LogP contribution is 2.70. The van der Waals surface area contributed by atoms with E-state index in [1.807, 2.05) is 0 Å². The first kappa shape index (κ1) is 21.0. The number of rotatable bonds is 4. The van der Waals surface area contributed by atoms with Crippen molar-refractivity contribution in [2.45, 2.75) is 65.4 Å². The number of alkyl halides is 12. The van der Waals surface area contributed by atoms with Crippen molar-refractivity contribution in [1.82, 2.24) is 0 Å². The molecule has 0 heterocycles. The Bertz CT molecular complexity index is 429. The molecule has 0 radical (unpaired) electrons. The van der Waals surface area contributed by atoms with Crippen LogP contribution in [0.25, 0.3) is 0 Å². The van der Waals surface area contributed by atoms with Gasteiger partial charge in [-0.2, -0.15) is 43.9 Å². The van der Waals surface area contributed by atoms with E-state index >= 15 is 0 Å². The molecule has 1 unspecified atom stereocenters. The van der Waals surface area contributed by atoms with Crippen molar-refractivity contribution < 1.29 is 48.3 Å². The third-order valence-electron chi connectivity index (χ3n) is 3.68. The predicted octanol–water partition coefficient (Wildman–Crippen LogP) is 5.88. The van der Waals surface area contributed by atoms with E-state index in [-0.39, 0.29) is 12.8 Å². The zero-order chi connectivity index (χ0) is 18.7. The average Bonchev–Trinajstić information content (AvgIpc) is 2.36. The highest BCUT2D eigenvalue weighted by Gasteiger charge is 3.00. The Morgan fingerprint density at radius 3 is 1.26 bits per heavy atom. The van der Waals surface area contributed by atoms with Crippen LogP contribution in [-0.2, 0) is 0 Å². The zero-order valence-electron chi connectivity index (χ0n) is 11.2. The lowest BCUT2D eigenvalue weighted by Crippen LogP contribution is -2.83. The van der Waals surface area contributed by atoms with Crippen molar-refractivity contribution in [3.8, 4) is 0 Å². The third kappa shape index (κ3) is 2.28. The van der Waals surface area contributed by atoms with Crippen LogP contribution in [0.1, 0.15) is 26.2 Å². The van der Waals surface area contributed by atoms with E-state index in [2.05, 4.69) is 0 Å². The molecule has 0 nitrogen and oxygen atoms in total. The van der Waals surface area contributed by atoms with E-state index in [1.54, 1.807) is 0 Å². The largest absolute Gasteiger partial charge is 0.384 e. The predicted molar refractivity (Wildman–Crippen MR) is 65.9 cm³/mol. The fraction of sp³-hybridized carbons (Fsp3) is 1.00. The zero-order valence-corrected chi connectivity index (χ0v) is 13.4. The van der Waals surface area contributed by atoms with E-state index in [0.29, 0.717) is 0 Å². The summed E-state index contributed by atoms with van der Waals surface area (Å²) in [6, 6.07) is 0. The number of halogens is 12. The Balaban J connectivity index is 3.61. The van der Waals surface area contributed by atoms with Gasteiger partial charge in [-0.1, -0.05) is 35.9 Å². The minimum atomic E-state index is -7.13. The maximum absolute atomic E-state index is 14.2. The van der Waals surface area contributed by atoms with Gasteiger partial charge in [0.2, 0.25) is 0 Å². The summed E-state index contributed by atoms with van der Waals surface area (Å²) in [5, 5.41) is 0. The Morgan fingerprint density at radius 2 is 0.957 bits per heavy atom. The maximum atomic E-state index is 14.2. The van der Waals surface area contributed by atoms with Crippen LogP contribution in [0.2, 0.25) is 0 Å². The average molecular weight is 478 g/mol. The molecule has 1 fully saturated rings. The van der Waals surface area contributed by atoms with Crippen LogP contribution in [0.4, 0.5) is 48.3 Å². The van der Waals surface area contributed by atoms with Crippen molar-refractivity contribution in [2.24, 2.45) is 0 Å². The van der Waals surface area contributed by atoms with Crippen LogP contribution in [0.5, 0.6) is 0 Å². The second-order valence-electron chi connectivity index (χ2n) is 5.26. The van der Waals surface area contributed by atoms with Gasteiger partial charge in [0.25, 0.3) is 5.67 Å². The Morgan fingerprint density at radius 1 is 0.652 bits per heavy atom. The molecule has 1 atom stereocenters. The molecule has 0 aliphatic heterocycles. The Hall–Kier alpha value is -0.0400. The summed E-state index contributed by atoms with van der Waals surface area (Å²) in [6.45, 7) is 1.41. The van der Waals surface area contributed by atoms with Crippen molar-refractivity contribution in [2.75, 3.05) is 0 Å². The first-order valence-corrected chi connectivity index (χ1v) is 7.42. The molecule has 0 aromatic rings. The molecule has 1 aliphatic rings. The smallest absolute Gasteiger partial charge is 0.230 e. The monoisotopic (exact) mass is 478 g/mol. The van der Waals surface area contributed by atoms with Crippen LogP contribution in [0.15, 0.2) is 0 Å². The van der Waals surface area contributed by atoms with Crippen LogP contribution in [-0.4, -0.2) is 39.2 Å². The van der Waals surface area contributed by atoms with E-state index in [9.17, 15) is 48.3 Å². The van der Waals surface area contributed by atoms with Gasteiger partial charge in [-0.15, -0.1) is 0 Å². The van der Waals surface area contributed by atoms with Crippen LogP contribution >= 0.6 is 22.6 Å². The summed E-state index contributed by atoms with van der Waals surface area (Å²) < 4.78 is 146. The Labute approximate surface area is 136 Å². The molecule has 0 aromatic heterocycles. The molecular weight excluding hydrogens is 468 g/mol. The molecule has 0 N–H and O–H groups in total. The fourth-order valence-corrected chi connectivity index (χ4v) is 3.49. The summed E-state index contributed by atoms with van der Waals surface area (Å²) in [7, 11) is 0. The minimum absolute atomic E-state index is 0.115. The minimum Gasteiger partial charge on any atom is -0.230 e. The van der Waals surface area contributed by atoms with Gasteiger partial charge in [-0.3, -0.25) is 0 Å². The number of hydrogen-bond acceptors (Lipinski definition) is 0. The molecule has 23 heavy (non-hydrogen) atoms. The summed E-state index contributed by atoms with van der Waals surface area (Å²) in [6.07, 6.45) is -2.27. The highest BCUT2D eigenvalue weighted by molar-refractivity contribution is 14.1. The first-order valence-electron chi connectivity index (χ1n) is 6.17. The third-order valence-corrected chi connectivity index (χ3v) is 4.74. The topological polar surface area (TPSA) is 0 Å². The van der Waals surface area contributed by atoms with Crippen molar-refractivity contribution in [3.05, 3.63) is 0 Å². The normalized spacial score (nSPS) is 30.7. The van der Waals surface area contributed by atoms with Crippen molar-refractivity contribution in [1.29, 1.82) is 0 Å². The van der Waals surface area contributed by atoms with Crippen molar-refractivity contribution >= 4 is 22.6 Å². The SMILES string of the molecule is CCCC(I)CC1(F)C(F)(F)C(F)(F)C(F)(F)C(F)(F)C1(F)F. The second kappa shape index (κ2) is 5.48. The summed E-state index contributed by atoms with van der Waals surface area (Å²) in [4.78, 5) is 0. The van der Waals surface area contributed by atoms with Crippen molar-refractivity contribution in [3.63, 3.8) is 0 Å². The molecule has 0 aromatic carbocycles. The molecule has 0 amide bonds. The Kier molecular flexibility index (Phi) is 5.00. The molecule has 0 saturated heterocycles. The van der Waals surface area contributed by atoms with Crippen LogP contribution in [0.3, 0.4) is 0 Å². The lowest BCUT2D eigenvalue weighted by Gasteiger charge is -2.53. The van der Waals surface area contributed by atoms with Gasteiger partial charge in [-0.25, -0.2) is 4.39 Å². The molecule has 1 rings (SSSR count). The highest BCUT2D eigenvalue weighted by atomic mass is 127. The van der Waals surface area contributed by atoms with E-state index in [4.69, 9.17) is 0 Å². The van der Waals surface area contributed by atoms with Gasteiger partial charge in [0.1, 0.15) is 0 Å². The van der Waals surface area contributed by atoms with Gasteiger partial charge in [-0.05, 0) is 6.42 Å².